The molecule has 18 heavy (non-hydrogen) atoms. The lowest BCUT2D eigenvalue weighted by molar-refractivity contribution is -0.134. The SMILES string of the molecule is FC(F)(F)CCCNc1cccc2c1CCCC2. The van der Waals surface area contributed by atoms with Crippen molar-refractivity contribution in [2.45, 2.75) is 44.7 Å². The number of rotatable bonds is 4. The Morgan fingerprint density at radius 2 is 1.89 bits per heavy atom. The third kappa shape index (κ3) is 3.65. The van der Waals surface area contributed by atoms with Crippen molar-refractivity contribution in [3.63, 3.8) is 0 Å². The first kappa shape index (κ1) is 13.2. The summed E-state index contributed by atoms with van der Waals surface area (Å²) in [6.07, 6.45) is -0.107. The van der Waals surface area contributed by atoms with Crippen molar-refractivity contribution >= 4 is 5.69 Å². The van der Waals surface area contributed by atoms with Gasteiger partial charge < -0.3 is 5.32 Å². The van der Waals surface area contributed by atoms with Crippen LogP contribution in [0.15, 0.2) is 18.2 Å². The van der Waals surface area contributed by atoms with Gasteiger partial charge in [-0.25, -0.2) is 0 Å². The molecule has 0 bridgehead atoms. The van der Waals surface area contributed by atoms with Gasteiger partial charge in [-0.3, -0.25) is 0 Å². The molecule has 0 aromatic heterocycles. The van der Waals surface area contributed by atoms with E-state index < -0.39 is 12.6 Å². The average Bonchev–Trinajstić information content (AvgIpc) is 2.33. The van der Waals surface area contributed by atoms with Crippen molar-refractivity contribution in [2.24, 2.45) is 0 Å². The lowest BCUT2D eigenvalue weighted by atomic mass is 9.90. The normalized spacial score (nSPS) is 15.3. The number of hydrogen-bond donors (Lipinski definition) is 1. The Balaban J connectivity index is 1.90. The molecular weight excluding hydrogens is 239 g/mol. The van der Waals surface area contributed by atoms with E-state index in [9.17, 15) is 13.2 Å². The van der Waals surface area contributed by atoms with Crippen molar-refractivity contribution in [2.75, 3.05) is 11.9 Å². The minimum atomic E-state index is -4.04. The van der Waals surface area contributed by atoms with Gasteiger partial charge in [0.2, 0.25) is 0 Å². The maximum atomic E-state index is 12.0. The van der Waals surface area contributed by atoms with Crippen LogP contribution in [0.4, 0.5) is 18.9 Å². The molecule has 1 aromatic carbocycles. The largest absolute Gasteiger partial charge is 0.389 e. The summed E-state index contributed by atoms with van der Waals surface area (Å²) in [5, 5.41) is 3.15. The van der Waals surface area contributed by atoms with Gasteiger partial charge in [-0.1, -0.05) is 12.1 Å². The maximum Gasteiger partial charge on any atom is 0.389 e. The molecule has 1 aliphatic carbocycles. The summed E-state index contributed by atoms with van der Waals surface area (Å²) in [5.74, 6) is 0. The highest BCUT2D eigenvalue weighted by atomic mass is 19.4. The molecule has 0 spiro atoms. The van der Waals surface area contributed by atoms with Crippen LogP contribution in [0.5, 0.6) is 0 Å². The molecule has 0 saturated heterocycles. The Morgan fingerprint density at radius 1 is 1.11 bits per heavy atom. The molecule has 0 fully saturated rings. The monoisotopic (exact) mass is 257 g/mol. The second kappa shape index (κ2) is 5.63. The second-order valence-electron chi connectivity index (χ2n) is 4.80. The molecule has 4 heteroatoms. The van der Waals surface area contributed by atoms with Crippen LogP contribution in [0.2, 0.25) is 0 Å². The quantitative estimate of drug-likeness (QED) is 0.792. The van der Waals surface area contributed by atoms with Gasteiger partial charge in [-0.2, -0.15) is 13.2 Å². The summed E-state index contributed by atoms with van der Waals surface area (Å²) >= 11 is 0. The standard InChI is InChI=1S/C14H18F3N/c15-14(16,17)9-4-10-18-13-8-3-6-11-5-1-2-7-12(11)13/h3,6,8,18H,1-2,4-5,7,9-10H2. The molecule has 0 radical (unpaired) electrons. The highest BCUT2D eigenvalue weighted by molar-refractivity contribution is 5.55. The molecule has 1 nitrogen and oxygen atoms in total. The van der Waals surface area contributed by atoms with Gasteiger partial charge in [0.05, 0.1) is 0 Å². The van der Waals surface area contributed by atoms with Crippen molar-refractivity contribution < 1.29 is 13.2 Å². The van der Waals surface area contributed by atoms with Gasteiger partial charge in [-0.15, -0.1) is 0 Å². The average molecular weight is 257 g/mol. The molecular formula is C14H18F3N. The Kier molecular flexibility index (Phi) is 4.15. The van der Waals surface area contributed by atoms with Gasteiger partial charge in [0.25, 0.3) is 0 Å². The van der Waals surface area contributed by atoms with Crippen LogP contribution in [0.1, 0.15) is 36.8 Å². The van der Waals surface area contributed by atoms with Crippen LogP contribution < -0.4 is 5.32 Å². The van der Waals surface area contributed by atoms with Crippen LogP contribution in [0.25, 0.3) is 0 Å². The molecule has 0 atom stereocenters. The van der Waals surface area contributed by atoms with Crippen molar-refractivity contribution in [1.82, 2.24) is 0 Å². The van der Waals surface area contributed by atoms with E-state index in [1.165, 1.54) is 24.0 Å². The van der Waals surface area contributed by atoms with E-state index in [2.05, 4.69) is 11.4 Å². The summed E-state index contributed by atoms with van der Waals surface area (Å²) < 4.78 is 36.1. The van der Waals surface area contributed by atoms with Gasteiger partial charge in [0.15, 0.2) is 0 Å². The van der Waals surface area contributed by atoms with Crippen LogP contribution in [0, 0.1) is 0 Å². The Bertz CT molecular complexity index is 399. The first-order chi connectivity index (χ1) is 8.56. The minimum Gasteiger partial charge on any atom is -0.385 e. The third-order valence-electron chi connectivity index (χ3n) is 3.35. The second-order valence-corrected chi connectivity index (χ2v) is 4.80. The van der Waals surface area contributed by atoms with E-state index in [-0.39, 0.29) is 6.42 Å². The smallest absolute Gasteiger partial charge is 0.385 e. The van der Waals surface area contributed by atoms with E-state index in [0.29, 0.717) is 6.54 Å². The first-order valence-electron chi connectivity index (χ1n) is 6.48. The Morgan fingerprint density at radius 3 is 2.67 bits per heavy atom. The molecule has 0 unspecified atom stereocenters. The van der Waals surface area contributed by atoms with Crippen molar-refractivity contribution in [3.05, 3.63) is 29.3 Å². The Hall–Kier alpha value is -1.19. The molecule has 1 aromatic rings. The third-order valence-corrected chi connectivity index (χ3v) is 3.35. The van der Waals surface area contributed by atoms with Crippen LogP contribution >= 0.6 is 0 Å². The maximum absolute atomic E-state index is 12.0. The van der Waals surface area contributed by atoms with Crippen molar-refractivity contribution in [3.8, 4) is 0 Å². The number of nitrogens with one attached hydrogen (secondary N) is 1. The molecule has 2 rings (SSSR count). The molecule has 0 amide bonds. The zero-order chi connectivity index (χ0) is 13.0. The number of anilines is 1. The van der Waals surface area contributed by atoms with E-state index in [1.807, 2.05) is 12.1 Å². The van der Waals surface area contributed by atoms with Gasteiger partial charge >= 0.3 is 6.18 Å². The molecule has 100 valence electrons. The van der Waals surface area contributed by atoms with Crippen LogP contribution in [-0.2, 0) is 12.8 Å². The predicted molar refractivity (Wildman–Crippen MR) is 66.9 cm³/mol. The summed E-state index contributed by atoms with van der Waals surface area (Å²) in [5.41, 5.74) is 3.67. The number of halogens is 3. The minimum absolute atomic E-state index is 0.132. The summed E-state index contributed by atoms with van der Waals surface area (Å²) in [4.78, 5) is 0. The van der Waals surface area contributed by atoms with Gasteiger partial charge in [0, 0.05) is 18.7 Å². The number of aryl methyl sites for hydroxylation is 1. The number of benzene rings is 1. The fourth-order valence-corrected chi connectivity index (χ4v) is 2.46. The summed E-state index contributed by atoms with van der Waals surface area (Å²) in [6, 6.07) is 6.07. The summed E-state index contributed by atoms with van der Waals surface area (Å²) in [6.45, 7) is 0.385. The van der Waals surface area contributed by atoms with Crippen LogP contribution in [-0.4, -0.2) is 12.7 Å². The topological polar surface area (TPSA) is 12.0 Å². The van der Waals surface area contributed by atoms with E-state index >= 15 is 0 Å². The Labute approximate surface area is 105 Å². The molecule has 1 N–H and O–H groups in total. The number of alkyl halides is 3. The zero-order valence-electron chi connectivity index (χ0n) is 10.3. The van der Waals surface area contributed by atoms with Crippen molar-refractivity contribution in [1.29, 1.82) is 0 Å². The molecule has 0 aliphatic heterocycles. The predicted octanol–water partition coefficient (Wildman–Crippen LogP) is 4.32. The van der Waals surface area contributed by atoms with E-state index in [1.54, 1.807) is 0 Å². The fourth-order valence-electron chi connectivity index (χ4n) is 2.46. The lowest BCUT2D eigenvalue weighted by Crippen LogP contribution is -2.13. The number of fused-ring (bicyclic) bond motifs is 1. The van der Waals surface area contributed by atoms with Crippen LogP contribution in [0.3, 0.4) is 0 Å². The number of hydrogen-bond acceptors (Lipinski definition) is 1. The highest BCUT2D eigenvalue weighted by Crippen LogP contribution is 2.28. The molecule has 1 aliphatic rings. The summed E-state index contributed by atoms with van der Waals surface area (Å²) in [7, 11) is 0. The highest BCUT2D eigenvalue weighted by Gasteiger charge is 2.25. The fraction of sp³-hybridized carbons (Fsp3) is 0.571. The van der Waals surface area contributed by atoms with E-state index in [0.717, 1.165) is 18.5 Å². The molecule has 0 saturated carbocycles. The molecule has 0 heterocycles. The van der Waals surface area contributed by atoms with Gasteiger partial charge in [0.1, 0.15) is 0 Å². The first-order valence-corrected chi connectivity index (χ1v) is 6.48. The lowest BCUT2D eigenvalue weighted by Gasteiger charge is -2.20. The van der Waals surface area contributed by atoms with E-state index in [4.69, 9.17) is 0 Å². The zero-order valence-corrected chi connectivity index (χ0v) is 10.3. The van der Waals surface area contributed by atoms with Gasteiger partial charge in [-0.05, 0) is 49.3 Å².